The maximum atomic E-state index is 11.8. The second-order valence-corrected chi connectivity index (χ2v) is 5.28. The van der Waals surface area contributed by atoms with Gasteiger partial charge in [-0.25, -0.2) is 4.79 Å². The lowest BCUT2D eigenvalue weighted by Crippen LogP contribution is -2.37. The molecule has 0 aliphatic heterocycles. The lowest BCUT2D eigenvalue weighted by atomic mass is 9.99. The van der Waals surface area contributed by atoms with Crippen molar-refractivity contribution < 1.29 is 9.53 Å². The Hall–Kier alpha value is -1.66. The molecule has 2 atom stereocenters. The SMILES string of the molecule is CCC(C)[C@H](NC(=O)OC(C)(C)C)c1nn[nH]n1. The predicted molar refractivity (Wildman–Crippen MR) is 65.7 cm³/mol. The topological polar surface area (TPSA) is 92.8 Å². The van der Waals surface area contributed by atoms with Crippen molar-refractivity contribution >= 4 is 6.09 Å². The van der Waals surface area contributed by atoms with E-state index in [-0.39, 0.29) is 12.0 Å². The number of rotatable bonds is 4. The van der Waals surface area contributed by atoms with Gasteiger partial charge in [0.05, 0.1) is 6.04 Å². The number of carbonyl (C=O) groups excluding carboxylic acids is 1. The minimum absolute atomic E-state index is 0.190. The van der Waals surface area contributed by atoms with Gasteiger partial charge in [-0.2, -0.15) is 5.21 Å². The number of hydrogen-bond acceptors (Lipinski definition) is 5. The molecule has 102 valence electrons. The summed E-state index contributed by atoms with van der Waals surface area (Å²) < 4.78 is 5.22. The molecule has 0 spiro atoms. The maximum absolute atomic E-state index is 11.8. The number of alkyl carbamates (subject to hydrolysis) is 1. The largest absolute Gasteiger partial charge is 0.444 e. The molecule has 1 amide bonds. The van der Waals surface area contributed by atoms with E-state index in [4.69, 9.17) is 4.74 Å². The van der Waals surface area contributed by atoms with Crippen LogP contribution in [0.25, 0.3) is 0 Å². The number of H-pyrrole nitrogens is 1. The lowest BCUT2D eigenvalue weighted by molar-refractivity contribution is 0.0483. The molecule has 0 saturated carbocycles. The number of hydrogen-bond donors (Lipinski definition) is 2. The van der Waals surface area contributed by atoms with E-state index in [9.17, 15) is 4.79 Å². The fourth-order valence-corrected chi connectivity index (χ4v) is 1.43. The molecule has 1 heterocycles. The first-order valence-corrected chi connectivity index (χ1v) is 6.06. The highest BCUT2D eigenvalue weighted by Gasteiger charge is 2.26. The molecule has 18 heavy (non-hydrogen) atoms. The zero-order valence-electron chi connectivity index (χ0n) is 11.5. The van der Waals surface area contributed by atoms with Gasteiger partial charge in [0.15, 0.2) is 5.82 Å². The average Bonchev–Trinajstić information content (AvgIpc) is 2.75. The molecule has 0 fully saturated rings. The standard InChI is InChI=1S/C11H21N5O2/c1-6-7(2)8(9-13-15-16-14-9)12-10(17)18-11(3,4)5/h7-8H,6H2,1-5H3,(H,12,17)(H,13,14,15,16)/t7?,8-/m0/s1. The smallest absolute Gasteiger partial charge is 0.408 e. The van der Waals surface area contributed by atoms with Crippen molar-refractivity contribution in [2.45, 2.75) is 52.7 Å². The highest BCUT2D eigenvalue weighted by atomic mass is 16.6. The first-order valence-electron chi connectivity index (χ1n) is 6.06. The molecule has 1 rings (SSSR count). The van der Waals surface area contributed by atoms with Gasteiger partial charge in [-0.3, -0.25) is 0 Å². The molecule has 0 saturated heterocycles. The number of carbonyl (C=O) groups is 1. The van der Waals surface area contributed by atoms with Crippen LogP contribution in [-0.2, 0) is 4.74 Å². The van der Waals surface area contributed by atoms with Gasteiger partial charge in [0.1, 0.15) is 5.60 Å². The van der Waals surface area contributed by atoms with Crippen molar-refractivity contribution in [1.29, 1.82) is 0 Å². The minimum Gasteiger partial charge on any atom is -0.444 e. The van der Waals surface area contributed by atoms with E-state index in [1.807, 2.05) is 34.6 Å². The Kier molecular flexibility index (Phi) is 4.63. The second kappa shape index (κ2) is 5.79. The average molecular weight is 255 g/mol. The van der Waals surface area contributed by atoms with E-state index in [2.05, 4.69) is 25.9 Å². The summed E-state index contributed by atoms with van der Waals surface area (Å²) in [6.07, 6.45) is 0.409. The summed E-state index contributed by atoms with van der Waals surface area (Å²) in [5.74, 6) is 0.658. The van der Waals surface area contributed by atoms with Crippen LogP contribution in [0.5, 0.6) is 0 Å². The molecular weight excluding hydrogens is 234 g/mol. The predicted octanol–water partition coefficient (Wildman–Crippen LogP) is 1.81. The Labute approximate surface area is 107 Å². The molecule has 0 aliphatic rings. The fraction of sp³-hybridized carbons (Fsp3) is 0.818. The van der Waals surface area contributed by atoms with Gasteiger partial charge in [0, 0.05) is 0 Å². The second-order valence-electron chi connectivity index (χ2n) is 5.28. The van der Waals surface area contributed by atoms with Crippen LogP contribution in [-0.4, -0.2) is 32.3 Å². The summed E-state index contributed by atoms with van der Waals surface area (Å²) in [6, 6.07) is -0.302. The van der Waals surface area contributed by atoms with Crippen molar-refractivity contribution in [3.05, 3.63) is 5.82 Å². The molecule has 7 nitrogen and oxygen atoms in total. The lowest BCUT2D eigenvalue weighted by Gasteiger charge is -2.24. The Balaban J connectivity index is 2.71. The normalized spacial score (nSPS) is 14.9. The molecular formula is C11H21N5O2. The summed E-state index contributed by atoms with van der Waals surface area (Å²) in [6.45, 7) is 9.50. The van der Waals surface area contributed by atoms with Crippen molar-refractivity contribution in [1.82, 2.24) is 25.9 Å². The summed E-state index contributed by atoms with van der Waals surface area (Å²) in [4.78, 5) is 11.8. The first-order chi connectivity index (χ1) is 8.33. The van der Waals surface area contributed by atoms with E-state index in [0.717, 1.165) is 6.42 Å². The molecule has 1 unspecified atom stereocenters. The Morgan fingerprint density at radius 1 is 1.50 bits per heavy atom. The zero-order valence-corrected chi connectivity index (χ0v) is 11.5. The van der Waals surface area contributed by atoms with Gasteiger partial charge in [-0.05, 0) is 26.7 Å². The van der Waals surface area contributed by atoms with Crippen LogP contribution in [0.1, 0.15) is 52.9 Å². The van der Waals surface area contributed by atoms with Gasteiger partial charge in [0.25, 0.3) is 0 Å². The molecule has 0 aromatic carbocycles. The summed E-state index contributed by atoms with van der Waals surface area (Å²) in [5.41, 5.74) is -0.526. The quantitative estimate of drug-likeness (QED) is 0.855. The van der Waals surface area contributed by atoms with Gasteiger partial charge in [-0.1, -0.05) is 25.5 Å². The van der Waals surface area contributed by atoms with Crippen LogP contribution in [0.4, 0.5) is 4.79 Å². The van der Waals surface area contributed by atoms with Crippen LogP contribution in [0.3, 0.4) is 0 Å². The van der Waals surface area contributed by atoms with Crippen LogP contribution < -0.4 is 5.32 Å². The summed E-state index contributed by atoms with van der Waals surface area (Å²) in [7, 11) is 0. The monoisotopic (exact) mass is 255 g/mol. The zero-order chi connectivity index (χ0) is 13.8. The van der Waals surface area contributed by atoms with E-state index in [0.29, 0.717) is 5.82 Å². The Morgan fingerprint density at radius 2 is 2.17 bits per heavy atom. The Morgan fingerprint density at radius 3 is 2.61 bits per heavy atom. The number of amides is 1. The third-order valence-electron chi connectivity index (χ3n) is 2.53. The highest BCUT2D eigenvalue weighted by molar-refractivity contribution is 5.68. The summed E-state index contributed by atoms with van der Waals surface area (Å²) >= 11 is 0. The van der Waals surface area contributed by atoms with Crippen molar-refractivity contribution in [3.8, 4) is 0 Å². The van der Waals surface area contributed by atoms with Crippen molar-refractivity contribution in [3.63, 3.8) is 0 Å². The van der Waals surface area contributed by atoms with Crippen molar-refractivity contribution in [2.24, 2.45) is 5.92 Å². The molecule has 0 aliphatic carbocycles. The van der Waals surface area contributed by atoms with E-state index >= 15 is 0 Å². The maximum Gasteiger partial charge on any atom is 0.408 e. The molecule has 1 aromatic heterocycles. The molecule has 0 radical (unpaired) electrons. The third-order valence-corrected chi connectivity index (χ3v) is 2.53. The van der Waals surface area contributed by atoms with Gasteiger partial charge in [-0.15, -0.1) is 10.2 Å². The highest BCUT2D eigenvalue weighted by Crippen LogP contribution is 2.21. The molecule has 7 heteroatoms. The fourth-order valence-electron chi connectivity index (χ4n) is 1.43. The van der Waals surface area contributed by atoms with Gasteiger partial charge >= 0.3 is 6.09 Å². The van der Waals surface area contributed by atoms with E-state index < -0.39 is 11.7 Å². The molecule has 0 bridgehead atoms. The van der Waals surface area contributed by atoms with Crippen molar-refractivity contribution in [2.75, 3.05) is 0 Å². The number of nitrogens with one attached hydrogen (secondary N) is 2. The number of nitrogens with zero attached hydrogens (tertiary/aromatic N) is 3. The number of ether oxygens (including phenoxy) is 1. The summed E-state index contributed by atoms with van der Waals surface area (Å²) in [5, 5.41) is 16.5. The molecule has 1 aromatic rings. The Bertz CT molecular complexity index is 371. The number of aromatic amines is 1. The van der Waals surface area contributed by atoms with Crippen LogP contribution in [0.2, 0.25) is 0 Å². The van der Waals surface area contributed by atoms with Crippen LogP contribution >= 0.6 is 0 Å². The van der Waals surface area contributed by atoms with Gasteiger partial charge in [0.2, 0.25) is 0 Å². The van der Waals surface area contributed by atoms with E-state index in [1.165, 1.54) is 0 Å². The molecule has 2 N–H and O–H groups in total. The first kappa shape index (κ1) is 14.4. The van der Waals surface area contributed by atoms with Crippen LogP contribution in [0.15, 0.2) is 0 Å². The van der Waals surface area contributed by atoms with Gasteiger partial charge < -0.3 is 10.1 Å². The minimum atomic E-state index is -0.526. The van der Waals surface area contributed by atoms with Crippen LogP contribution in [0, 0.1) is 5.92 Å². The van der Waals surface area contributed by atoms with E-state index in [1.54, 1.807) is 0 Å². The number of tetrazole rings is 1. The number of aromatic nitrogens is 4. The third kappa shape index (κ3) is 4.31.